The largest absolute Gasteiger partial charge is 0.383 e. The number of amides is 2. The Morgan fingerprint density at radius 1 is 1.11 bits per heavy atom. The van der Waals surface area contributed by atoms with E-state index >= 15 is 0 Å². The third-order valence-electron chi connectivity index (χ3n) is 6.15. The van der Waals surface area contributed by atoms with E-state index < -0.39 is 11.7 Å². The summed E-state index contributed by atoms with van der Waals surface area (Å²) < 4.78 is 21.4. The van der Waals surface area contributed by atoms with Gasteiger partial charge in [0.1, 0.15) is 12.4 Å². The fraction of sp³-hybridized carbons (Fsp3) is 0.296. The van der Waals surface area contributed by atoms with Gasteiger partial charge in [-0.15, -0.1) is 0 Å². The summed E-state index contributed by atoms with van der Waals surface area (Å²) in [6, 6.07) is 17.4. The second-order valence-electron chi connectivity index (χ2n) is 8.62. The monoisotopic (exact) mass is 476 g/mol. The minimum Gasteiger partial charge on any atom is -0.383 e. The van der Waals surface area contributed by atoms with E-state index in [4.69, 9.17) is 9.84 Å². The minimum atomic E-state index is -0.630. The highest BCUT2D eigenvalue weighted by Gasteiger charge is 2.35. The highest BCUT2D eigenvalue weighted by atomic mass is 19.1. The topological polar surface area (TPSA) is 67.1 Å². The summed E-state index contributed by atoms with van der Waals surface area (Å²) in [5.41, 5.74) is 3.72. The predicted molar refractivity (Wildman–Crippen MR) is 132 cm³/mol. The van der Waals surface area contributed by atoms with E-state index in [1.165, 1.54) is 35.2 Å². The van der Waals surface area contributed by atoms with Gasteiger partial charge in [0.25, 0.3) is 11.8 Å². The van der Waals surface area contributed by atoms with Crippen molar-refractivity contribution in [1.82, 2.24) is 14.5 Å². The maximum Gasteiger partial charge on any atom is 0.262 e. The molecule has 2 aromatic carbocycles. The first-order valence-electron chi connectivity index (χ1n) is 11.5. The van der Waals surface area contributed by atoms with Gasteiger partial charge in [0.05, 0.1) is 29.6 Å². The molecule has 0 fully saturated rings. The molecule has 1 aliphatic rings. The molecule has 0 unspecified atom stereocenters. The van der Waals surface area contributed by atoms with Gasteiger partial charge in [0.15, 0.2) is 0 Å². The number of carbonyl (C=O) groups excluding carboxylic acids is 2. The molecule has 2 amide bonds. The molecule has 1 aliphatic heterocycles. The van der Waals surface area contributed by atoms with Crippen molar-refractivity contribution >= 4 is 17.5 Å². The van der Waals surface area contributed by atoms with Gasteiger partial charge < -0.3 is 14.2 Å². The molecule has 0 saturated carbocycles. The summed E-state index contributed by atoms with van der Waals surface area (Å²) in [6.45, 7) is 2.12. The van der Waals surface area contributed by atoms with E-state index in [0.717, 1.165) is 22.5 Å². The van der Waals surface area contributed by atoms with Gasteiger partial charge in [0, 0.05) is 33.3 Å². The Balaban J connectivity index is 1.63. The summed E-state index contributed by atoms with van der Waals surface area (Å²) in [5.74, 6) is -1.54. The molecule has 0 spiro atoms. The number of hydrogen-bond acceptors (Lipinski definition) is 4. The van der Waals surface area contributed by atoms with Crippen LogP contribution in [-0.4, -0.2) is 58.8 Å². The quantitative estimate of drug-likeness (QED) is 0.495. The molecule has 0 aliphatic carbocycles. The van der Waals surface area contributed by atoms with Crippen LogP contribution in [0, 0.1) is 12.7 Å². The summed E-state index contributed by atoms with van der Waals surface area (Å²) in [6.07, 6.45) is 2.48. The lowest BCUT2D eigenvalue weighted by Crippen LogP contribution is -2.43. The SMILES string of the molecule is COCCN(CC(=O)N1N=C(c2cccn2C)C[C@H]1c1ccc(C)cc1)C(=O)c1ccccc1F. The molecular weight excluding hydrogens is 447 g/mol. The lowest BCUT2D eigenvalue weighted by molar-refractivity contribution is -0.133. The zero-order valence-electron chi connectivity index (χ0n) is 20.1. The zero-order valence-corrected chi connectivity index (χ0v) is 20.1. The molecule has 3 aromatic rings. The summed E-state index contributed by atoms with van der Waals surface area (Å²) >= 11 is 0. The first-order chi connectivity index (χ1) is 16.9. The number of hydrogen-bond donors (Lipinski definition) is 0. The Hall–Kier alpha value is -3.78. The van der Waals surface area contributed by atoms with Gasteiger partial charge in [-0.2, -0.15) is 5.10 Å². The number of halogens is 1. The van der Waals surface area contributed by atoms with Gasteiger partial charge in [-0.25, -0.2) is 9.40 Å². The smallest absolute Gasteiger partial charge is 0.262 e. The lowest BCUT2D eigenvalue weighted by atomic mass is 9.99. The van der Waals surface area contributed by atoms with Crippen LogP contribution in [0.25, 0.3) is 0 Å². The number of aromatic nitrogens is 1. The first kappa shape index (κ1) is 24.3. The Morgan fingerprint density at radius 2 is 1.86 bits per heavy atom. The van der Waals surface area contributed by atoms with Gasteiger partial charge in [-0.3, -0.25) is 9.59 Å². The fourth-order valence-electron chi connectivity index (χ4n) is 4.20. The van der Waals surface area contributed by atoms with Gasteiger partial charge in [-0.1, -0.05) is 42.0 Å². The maximum absolute atomic E-state index is 14.3. The van der Waals surface area contributed by atoms with E-state index in [-0.39, 0.29) is 37.2 Å². The molecule has 1 aromatic heterocycles. The highest BCUT2D eigenvalue weighted by Crippen LogP contribution is 2.33. The number of carbonyl (C=O) groups is 2. The molecule has 2 heterocycles. The van der Waals surface area contributed by atoms with Gasteiger partial charge >= 0.3 is 0 Å². The first-order valence-corrected chi connectivity index (χ1v) is 11.5. The Bertz CT molecular complexity index is 1240. The molecule has 0 bridgehead atoms. The van der Waals surface area contributed by atoms with Crippen LogP contribution in [0.4, 0.5) is 4.39 Å². The Kier molecular flexibility index (Phi) is 7.41. The number of nitrogens with zero attached hydrogens (tertiary/aromatic N) is 4. The van der Waals surface area contributed by atoms with Crippen LogP contribution in [0.5, 0.6) is 0 Å². The number of rotatable bonds is 8. The normalized spacial score (nSPS) is 15.3. The molecular formula is C27H29FN4O3. The fourth-order valence-corrected chi connectivity index (χ4v) is 4.20. The summed E-state index contributed by atoms with van der Waals surface area (Å²) in [5, 5.41) is 6.15. The van der Waals surface area contributed by atoms with Crippen molar-refractivity contribution in [3.05, 3.63) is 95.1 Å². The van der Waals surface area contributed by atoms with E-state index in [9.17, 15) is 14.0 Å². The number of hydrazone groups is 1. The molecule has 1 atom stereocenters. The second-order valence-corrected chi connectivity index (χ2v) is 8.62. The van der Waals surface area contributed by atoms with Crippen molar-refractivity contribution < 1.29 is 18.7 Å². The molecule has 0 saturated heterocycles. The van der Waals surface area contributed by atoms with Crippen molar-refractivity contribution in [2.24, 2.45) is 12.1 Å². The number of methoxy groups -OCH3 is 1. The number of aryl methyl sites for hydroxylation is 2. The third kappa shape index (κ3) is 5.33. The number of benzene rings is 2. The van der Waals surface area contributed by atoms with Gasteiger partial charge in [-0.05, 0) is 36.8 Å². The summed E-state index contributed by atoms with van der Waals surface area (Å²) in [4.78, 5) is 28.0. The minimum absolute atomic E-state index is 0.0825. The van der Waals surface area contributed by atoms with Crippen molar-refractivity contribution in [1.29, 1.82) is 0 Å². The van der Waals surface area contributed by atoms with Crippen LogP contribution < -0.4 is 0 Å². The average molecular weight is 477 g/mol. The molecule has 35 heavy (non-hydrogen) atoms. The highest BCUT2D eigenvalue weighted by molar-refractivity contribution is 6.02. The lowest BCUT2D eigenvalue weighted by Gasteiger charge is -2.27. The Labute approximate surface area is 204 Å². The van der Waals surface area contributed by atoms with Gasteiger partial charge in [0.2, 0.25) is 0 Å². The molecule has 0 radical (unpaired) electrons. The molecule has 0 N–H and O–H groups in total. The van der Waals surface area contributed by atoms with Crippen LogP contribution in [0.1, 0.15) is 39.6 Å². The van der Waals surface area contributed by atoms with Crippen LogP contribution >= 0.6 is 0 Å². The van der Waals surface area contributed by atoms with E-state index in [0.29, 0.717) is 6.42 Å². The molecule has 8 heteroatoms. The molecule has 182 valence electrons. The average Bonchev–Trinajstić information content (AvgIpc) is 3.48. The molecule has 4 rings (SSSR count). The Morgan fingerprint density at radius 3 is 2.51 bits per heavy atom. The van der Waals surface area contributed by atoms with E-state index in [1.54, 1.807) is 6.07 Å². The van der Waals surface area contributed by atoms with Crippen LogP contribution in [0.3, 0.4) is 0 Å². The molecule has 7 nitrogen and oxygen atoms in total. The number of ether oxygens (including phenoxy) is 1. The van der Waals surface area contributed by atoms with Crippen LogP contribution in [-0.2, 0) is 16.6 Å². The van der Waals surface area contributed by atoms with E-state index in [2.05, 4.69) is 0 Å². The standard InChI is InChI=1S/C27H29FN4O3/c1-19-10-12-20(13-11-19)25-17-23(24-9-6-14-30(24)2)29-32(25)26(33)18-31(15-16-35-3)27(34)21-7-4-5-8-22(21)28/h4-14,25H,15-18H2,1-3H3/t25-/m0/s1. The van der Waals surface area contributed by atoms with Crippen molar-refractivity contribution in [2.75, 3.05) is 26.8 Å². The zero-order chi connectivity index (χ0) is 24.9. The predicted octanol–water partition coefficient (Wildman–Crippen LogP) is 3.94. The van der Waals surface area contributed by atoms with E-state index in [1.807, 2.05) is 61.1 Å². The maximum atomic E-state index is 14.3. The second kappa shape index (κ2) is 10.7. The van der Waals surface area contributed by atoms with Crippen molar-refractivity contribution in [3.63, 3.8) is 0 Å². The van der Waals surface area contributed by atoms with Crippen LogP contribution in [0.2, 0.25) is 0 Å². The third-order valence-corrected chi connectivity index (χ3v) is 6.15. The van der Waals surface area contributed by atoms with Crippen molar-refractivity contribution in [3.8, 4) is 0 Å². The van der Waals surface area contributed by atoms with Crippen molar-refractivity contribution in [2.45, 2.75) is 19.4 Å². The summed E-state index contributed by atoms with van der Waals surface area (Å²) in [7, 11) is 3.45. The van der Waals surface area contributed by atoms with Crippen LogP contribution in [0.15, 0.2) is 72.0 Å².